The number of benzene rings is 3. The normalized spacial score (nSPS) is 14.7. The molecule has 0 radical (unpaired) electrons. The van der Waals surface area contributed by atoms with Crippen molar-refractivity contribution in [2.24, 2.45) is 5.41 Å². The Labute approximate surface area is 317 Å². The van der Waals surface area contributed by atoms with Crippen LogP contribution >= 0.6 is 0 Å². The number of carbonyl (C=O) groups is 3. The highest BCUT2D eigenvalue weighted by Gasteiger charge is 2.38. The monoisotopic (exact) mass is 742 g/mol. The first-order valence-corrected chi connectivity index (χ1v) is 18.1. The molecule has 6 N–H and O–H groups in total. The average molecular weight is 743 g/mol. The lowest BCUT2D eigenvalue weighted by molar-refractivity contribution is -0.127. The number of hydrogen-bond acceptors (Lipinski definition) is 9. The molecule has 13 heteroatoms. The van der Waals surface area contributed by atoms with Gasteiger partial charge in [-0.15, -0.1) is 0 Å². The van der Waals surface area contributed by atoms with Crippen molar-refractivity contribution in [3.63, 3.8) is 0 Å². The highest BCUT2D eigenvalue weighted by Crippen LogP contribution is 2.23. The van der Waals surface area contributed by atoms with Crippen molar-refractivity contribution in [1.82, 2.24) is 30.8 Å². The molecule has 0 bridgehead atoms. The van der Waals surface area contributed by atoms with E-state index in [0.29, 0.717) is 16.7 Å². The third-order valence-electron chi connectivity index (χ3n) is 9.03. The Hall–Kier alpha value is -5.11. The fourth-order valence-electron chi connectivity index (χ4n) is 6.30. The molecule has 290 valence electrons. The maximum Gasteiger partial charge on any atom is 0.408 e. The summed E-state index contributed by atoms with van der Waals surface area (Å²) in [5.41, 5.74) is 2.02. The Kier molecular flexibility index (Phi) is 14.5. The van der Waals surface area contributed by atoms with E-state index in [1.54, 1.807) is 20.8 Å². The molecule has 1 heterocycles. The second-order valence-electron chi connectivity index (χ2n) is 15.5. The zero-order valence-corrected chi connectivity index (χ0v) is 31.9. The van der Waals surface area contributed by atoms with Crippen molar-refractivity contribution in [2.45, 2.75) is 96.9 Å². The molecule has 54 heavy (non-hydrogen) atoms. The molecule has 0 fully saturated rings. The third kappa shape index (κ3) is 12.2. The number of aromatic nitrogens is 2. The lowest BCUT2D eigenvalue weighted by Gasteiger charge is -2.42. The number of carbonyl (C=O) groups excluding carboxylic acids is 2. The van der Waals surface area contributed by atoms with Crippen LogP contribution in [-0.4, -0.2) is 97.2 Å². The molecule has 4 rings (SSSR count). The van der Waals surface area contributed by atoms with Gasteiger partial charge >= 0.3 is 12.2 Å². The molecule has 1 aromatic heterocycles. The van der Waals surface area contributed by atoms with Gasteiger partial charge in [-0.25, -0.2) is 14.6 Å². The Morgan fingerprint density at radius 3 is 1.89 bits per heavy atom. The number of fused-ring (bicyclic) bond motifs is 1. The first-order chi connectivity index (χ1) is 25.5. The van der Waals surface area contributed by atoms with Gasteiger partial charge in [0.05, 0.1) is 47.2 Å². The van der Waals surface area contributed by atoms with E-state index in [-0.39, 0.29) is 32.5 Å². The Morgan fingerprint density at radius 1 is 0.759 bits per heavy atom. The molecule has 0 saturated carbocycles. The minimum absolute atomic E-state index is 0.0278. The minimum Gasteiger partial charge on any atom is -0.465 e. The molecule has 5 atom stereocenters. The van der Waals surface area contributed by atoms with E-state index < -0.39 is 59.4 Å². The van der Waals surface area contributed by atoms with Gasteiger partial charge in [-0.3, -0.25) is 14.7 Å². The maximum atomic E-state index is 13.9. The van der Waals surface area contributed by atoms with Gasteiger partial charge in [0.25, 0.3) is 0 Å². The van der Waals surface area contributed by atoms with Crippen LogP contribution in [0.5, 0.6) is 0 Å². The van der Waals surface area contributed by atoms with E-state index in [4.69, 9.17) is 4.74 Å². The minimum atomic E-state index is -1.15. The predicted molar refractivity (Wildman–Crippen MR) is 207 cm³/mol. The van der Waals surface area contributed by atoms with Crippen molar-refractivity contribution in [2.75, 3.05) is 13.1 Å². The summed E-state index contributed by atoms with van der Waals surface area (Å²) in [6.45, 7) is 10.5. The Morgan fingerprint density at radius 2 is 1.31 bits per heavy atom. The van der Waals surface area contributed by atoms with E-state index in [2.05, 4.69) is 25.9 Å². The van der Waals surface area contributed by atoms with Gasteiger partial charge < -0.3 is 36.0 Å². The number of ether oxygens (including phenoxy) is 1. The quantitative estimate of drug-likeness (QED) is 0.0940. The van der Waals surface area contributed by atoms with Crippen LogP contribution in [-0.2, 0) is 29.0 Å². The molecule has 0 aliphatic heterocycles. The van der Waals surface area contributed by atoms with Gasteiger partial charge in [0.2, 0.25) is 5.91 Å². The van der Waals surface area contributed by atoms with Crippen LogP contribution in [0.15, 0.2) is 91.1 Å². The molecular weight excluding hydrogens is 688 g/mol. The average Bonchev–Trinajstić information content (AvgIpc) is 3.11. The summed E-state index contributed by atoms with van der Waals surface area (Å²) < 4.78 is 5.43. The maximum absolute atomic E-state index is 13.9. The molecule has 0 spiro atoms. The molecule has 13 nitrogen and oxygen atoms in total. The number of para-hydroxylation sites is 2. The number of rotatable bonds is 16. The molecule has 0 unspecified atom stereocenters. The van der Waals surface area contributed by atoms with Gasteiger partial charge in [0.1, 0.15) is 12.6 Å². The molecule has 0 saturated heterocycles. The zero-order valence-electron chi connectivity index (χ0n) is 31.9. The SMILES string of the molecule is CC(C)(C)[C@H](NC(=O)OCc1cnc2ccccc2n1)C(=O)N[C@@H](Cc1ccccc1)[C@H](O)CNC[C@@H](O)[C@H](Cc1ccccc1)N(C(=O)O)C(C)(C)C. The summed E-state index contributed by atoms with van der Waals surface area (Å²) in [7, 11) is 0. The summed E-state index contributed by atoms with van der Waals surface area (Å²) in [5, 5.41) is 41.8. The topological polar surface area (TPSA) is 186 Å². The van der Waals surface area contributed by atoms with Crippen molar-refractivity contribution >= 4 is 29.1 Å². The second kappa shape index (κ2) is 18.8. The van der Waals surface area contributed by atoms with Gasteiger partial charge in [0.15, 0.2) is 0 Å². The number of alkyl carbamates (subject to hydrolysis) is 1. The standard InChI is InChI=1S/C41H54N6O7/c1-40(2,3)36(46-38(51)54-26-29-23-43-30-19-13-14-20-31(30)44-29)37(50)45-32(21-27-15-9-7-10-16-27)34(48)24-42-25-35(49)33(22-28-17-11-8-12-18-28)47(39(52)53)41(4,5)6/h7-20,23,32-36,42,48-49H,21-22,24-26H2,1-6H3,(H,45,50)(H,46,51)(H,52,53)/t32-,33-,34+,35+,36+/m0/s1. The smallest absolute Gasteiger partial charge is 0.408 e. The number of amides is 3. The second-order valence-corrected chi connectivity index (χ2v) is 15.5. The summed E-state index contributed by atoms with van der Waals surface area (Å²) >= 11 is 0. The van der Waals surface area contributed by atoms with Crippen LogP contribution in [0.25, 0.3) is 11.0 Å². The summed E-state index contributed by atoms with van der Waals surface area (Å²) in [4.78, 5) is 49.4. The first-order valence-electron chi connectivity index (χ1n) is 18.1. The van der Waals surface area contributed by atoms with E-state index >= 15 is 0 Å². The molecule has 3 aromatic carbocycles. The largest absolute Gasteiger partial charge is 0.465 e. The van der Waals surface area contributed by atoms with E-state index in [1.165, 1.54) is 11.1 Å². The highest BCUT2D eigenvalue weighted by atomic mass is 16.5. The molecule has 0 aliphatic rings. The number of nitrogens with one attached hydrogen (secondary N) is 3. The Balaban J connectivity index is 1.44. The van der Waals surface area contributed by atoms with Crippen molar-refractivity contribution in [3.05, 3.63) is 108 Å². The number of aliphatic hydroxyl groups excluding tert-OH is 2. The van der Waals surface area contributed by atoms with Crippen molar-refractivity contribution < 1.29 is 34.4 Å². The number of aliphatic hydroxyl groups is 2. The molecule has 0 aliphatic carbocycles. The Bertz CT molecular complexity index is 1810. The van der Waals surface area contributed by atoms with Crippen molar-refractivity contribution in [3.8, 4) is 0 Å². The van der Waals surface area contributed by atoms with Gasteiger partial charge in [-0.1, -0.05) is 93.6 Å². The predicted octanol–water partition coefficient (Wildman–Crippen LogP) is 4.70. The van der Waals surface area contributed by atoms with E-state index in [1.807, 2.05) is 106 Å². The van der Waals surface area contributed by atoms with Crippen LogP contribution in [0.2, 0.25) is 0 Å². The van der Waals surface area contributed by atoms with Crippen LogP contribution in [0.3, 0.4) is 0 Å². The summed E-state index contributed by atoms with van der Waals surface area (Å²) in [6.07, 6.45) is -2.15. The summed E-state index contributed by atoms with van der Waals surface area (Å²) in [6, 6.07) is 23.4. The van der Waals surface area contributed by atoms with Gasteiger partial charge in [-0.2, -0.15) is 0 Å². The number of nitrogens with zero attached hydrogens (tertiary/aromatic N) is 3. The number of carboxylic acid groups (broad SMARTS) is 1. The lowest BCUT2D eigenvalue weighted by Crippen LogP contribution is -2.59. The molecule has 4 aromatic rings. The van der Waals surface area contributed by atoms with Gasteiger partial charge in [-0.05, 0) is 62.3 Å². The molecular formula is C41H54N6O7. The fourth-order valence-corrected chi connectivity index (χ4v) is 6.30. The van der Waals surface area contributed by atoms with Crippen LogP contribution in [0.1, 0.15) is 58.4 Å². The highest BCUT2D eigenvalue weighted by molar-refractivity contribution is 5.86. The van der Waals surface area contributed by atoms with Crippen LogP contribution in [0.4, 0.5) is 9.59 Å². The van der Waals surface area contributed by atoms with Crippen molar-refractivity contribution in [1.29, 1.82) is 0 Å². The fraction of sp³-hybridized carbons (Fsp3) is 0.439. The summed E-state index contributed by atoms with van der Waals surface area (Å²) in [5.74, 6) is -0.518. The molecule has 3 amide bonds. The van der Waals surface area contributed by atoms with E-state index in [0.717, 1.165) is 11.1 Å². The number of hydrogen-bond donors (Lipinski definition) is 6. The van der Waals surface area contributed by atoms with Crippen LogP contribution in [0, 0.1) is 5.41 Å². The lowest BCUT2D eigenvalue weighted by atomic mass is 9.85. The first kappa shape index (κ1) is 41.6. The van der Waals surface area contributed by atoms with E-state index in [9.17, 15) is 29.7 Å². The van der Waals surface area contributed by atoms with Crippen LogP contribution < -0.4 is 16.0 Å². The van der Waals surface area contributed by atoms with Gasteiger partial charge in [0, 0.05) is 18.6 Å². The third-order valence-corrected chi connectivity index (χ3v) is 9.03. The zero-order chi connectivity index (χ0) is 39.5.